The average molecular weight is 510 g/mol. The molecule has 4 rings (SSSR count). The predicted molar refractivity (Wildman–Crippen MR) is 137 cm³/mol. The second-order valence-electron chi connectivity index (χ2n) is 9.63. The highest BCUT2D eigenvalue weighted by atomic mass is 16.6. The van der Waals surface area contributed by atoms with Gasteiger partial charge in [0.2, 0.25) is 5.91 Å². The number of esters is 1. The molecule has 0 saturated carbocycles. The molecular formula is C28H35N3O6. The van der Waals surface area contributed by atoms with Crippen LogP contribution in [0.4, 0.5) is 4.79 Å². The molecule has 0 radical (unpaired) electrons. The highest BCUT2D eigenvalue weighted by molar-refractivity contribution is 5.88. The molecule has 198 valence electrons. The fourth-order valence-electron chi connectivity index (χ4n) is 4.91. The van der Waals surface area contributed by atoms with Gasteiger partial charge in [0.05, 0.1) is 19.3 Å². The molecule has 2 aliphatic rings. The summed E-state index contributed by atoms with van der Waals surface area (Å²) in [6.07, 6.45) is 2.30. The molecule has 2 fully saturated rings. The maximum atomic E-state index is 13.2. The van der Waals surface area contributed by atoms with Gasteiger partial charge in [0.15, 0.2) is 0 Å². The summed E-state index contributed by atoms with van der Waals surface area (Å²) in [6.45, 7) is 2.45. The van der Waals surface area contributed by atoms with Gasteiger partial charge in [-0.1, -0.05) is 42.5 Å². The molecule has 2 N–H and O–H groups in total. The molecule has 3 atom stereocenters. The molecule has 0 bridgehead atoms. The summed E-state index contributed by atoms with van der Waals surface area (Å²) in [5.41, 5.74) is 1.94. The highest BCUT2D eigenvalue weighted by Crippen LogP contribution is 2.20. The molecule has 0 spiro atoms. The first-order valence-corrected chi connectivity index (χ1v) is 12.8. The maximum absolute atomic E-state index is 13.2. The molecular weight excluding hydrogens is 474 g/mol. The van der Waals surface area contributed by atoms with E-state index in [1.807, 2.05) is 35.2 Å². The third-order valence-corrected chi connectivity index (χ3v) is 6.95. The molecule has 9 heteroatoms. The lowest BCUT2D eigenvalue weighted by Gasteiger charge is -2.25. The minimum atomic E-state index is -0.885. The smallest absolute Gasteiger partial charge is 0.415 e. The van der Waals surface area contributed by atoms with Crippen LogP contribution in [-0.4, -0.2) is 84.4 Å². The summed E-state index contributed by atoms with van der Waals surface area (Å²) < 4.78 is 10.4. The number of carbonyl (C=O) groups is 3. The van der Waals surface area contributed by atoms with E-state index < -0.39 is 24.2 Å². The third kappa shape index (κ3) is 7.30. The molecule has 2 aliphatic heterocycles. The number of methoxy groups -OCH3 is 1. The summed E-state index contributed by atoms with van der Waals surface area (Å²) in [5, 5.41) is 13.1. The Morgan fingerprint density at radius 3 is 2.41 bits per heavy atom. The number of rotatable bonds is 9. The Morgan fingerprint density at radius 2 is 1.73 bits per heavy atom. The van der Waals surface area contributed by atoms with Gasteiger partial charge in [0.1, 0.15) is 11.8 Å². The van der Waals surface area contributed by atoms with E-state index in [1.165, 1.54) is 7.11 Å². The number of hydrogen-bond donors (Lipinski definition) is 2. The normalized spacial score (nSPS) is 20.4. The van der Waals surface area contributed by atoms with Crippen LogP contribution in [0.5, 0.6) is 5.75 Å². The van der Waals surface area contributed by atoms with Crippen LogP contribution in [0.25, 0.3) is 0 Å². The van der Waals surface area contributed by atoms with Gasteiger partial charge in [-0.2, -0.15) is 0 Å². The van der Waals surface area contributed by atoms with Crippen LogP contribution in [0.2, 0.25) is 0 Å². The molecule has 2 heterocycles. The Kier molecular flexibility index (Phi) is 9.14. The van der Waals surface area contributed by atoms with Crippen LogP contribution in [0.3, 0.4) is 0 Å². The summed E-state index contributed by atoms with van der Waals surface area (Å²) in [5.74, 6) is -0.434. The minimum absolute atomic E-state index is 0.220. The molecule has 2 saturated heterocycles. The quantitative estimate of drug-likeness (QED) is 0.499. The van der Waals surface area contributed by atoms with Gasteiger partial charge < -0.3 is 24.8 Å². The first-order chi connectivity index (χ1) is 17.9. The molecule has 0 aliphatic carbocycles. The fourth-order valence-corrected chi connectivity index (χ4v) is 4.91. The van der Waals surface area contributed by atoms with Crippen LogP contribution >= 0.6 is 0 Å². The largest absolute Gasteiger partial charge is 0.467 e. The first-order valence-electron chi connectivity index (χ1n) is 12.8. The molecule has 37 heavy (non-hydrogen) atoms. The summed E-state index contributed by atoms with van der Waals surface area (Å²) >= 11 is 0. The van der Waals surface area contributed by atoms with Crippen molar-refractivity contribution in [1.29, 1.82) is 0 Å². The van der Waals surface area contributed by atoms with Crippen LogP contribution < -0.4 is 10.1 Å². The SMILES string of the molecule is COC(=O)[C@H](Cc1ccc(OC(=O)N2CCCC2)cc1)NC(=O)[C@@H]1C[C@H](O)CN1CCc1ccccc1. The molecule has 2 amide bonds. The van der Waals surface area contributed by atoms with Crippen LogP contribution in [-0.2, 0) is 27.2 Å². The molecule has 2 aromatic rings. The van der Waals surface area contributed by atoms with Gasteiger partial charge in [-0.3, -0.25) is 9.69 Å². The monoisotopic (exact) mass is 509 g/mol. The van der Waals surface area contributed by atoms with Crippen molar-refractivity contribution in [2.45, 2.75) is 50.3 Å². The van der Waals surface area contributed by atoms with E-state index in [9.17, 15) is 19.5 Å². The van der Waals surface area contributed by atoms with E-state index in [1.54, 1.807) is 29.2 Å². The lowest BCUT2D eigenvalue weighted by atomic mass is 10.0. The van der Waals surface area contributed by atoms with Crippen molar-refractivity contribution in [1.82, 2.24) is 15.1 Å². The number of benzene rings is 2. The van der Waals surface area contributed by atoms with Gasteiger partial charge in [0.25, 0.3) is 0 Å². The van der Waals surface area contributed by atoms with Gasteiger partial charge in [0, 0.05) is 32.6 Å². The van der Waals surface area contributed by atoms with Gasteiger partial charge in [-0.05, 0) is 48.9 Å². The van der Waals surface area contributed by atoms with E-state index in [2.05, 4.69) is 5.32 Å². The van der Waals surface area contributed by atoms with Crippen molar-refractivity contribution in [3.05, 3.63) is 65.7 Å². The lowest BCUT2D eigenvalue weighted by molar-refractivity contribution is -0.145. The van der Waals surface area contributed by atoms with Crippen LogP contribution in [0, 0.1) is 0 Å². The standard InChI is InChI=1S/C28H35N3O6/c1-36-27(34)24(17-21-9-11-23(12-10-21)37-28(35)30-14-5-6-15-30)29-26(33)25-18-22(32)19-31(25)16-13-20-7-3-2-4-8-20/h2-4,7-12,22,24-25,32H,5-6,13-19H2,1H3,(H,29,33)/t22-,24-,25-/m0/s1. The van der Waals surface area contributed by atoms with Crippen LogP contribution in [0.1, 0.15) is 30.4 Å². The Balaban J connectivity index is 1.35. The Labute approximate surface area is 217 Å². The molecule has 0 unspecified atom stereocenters. The number of hydrogen-bond acceptors (Lipinski definition) is 7. The van der Waals surface area contributed by atoms with E-state index in [0.29, 0.717) is 38.3 Å². The lowest BCUT2D eigenvalue weighted by Crippen LogP contribution is -2.50. The number of amides is 2. The van der Waals surface area contributed by atoms with Gasteiger partial charge >= 0.3 is 12.1 Å². The van der Waals surface area contributed by atoms with Crippen molar-refractivity contribution in [2.75, 3.05) is 33.3 Å². The Bertz CT molecular complexity index is 1060. The van der Waals surface area contributed by atoms with Crippen molar-refractivity contribution in [2.24, 2.45) is 0 Å². The minimum Gasteiger partial charge on any atom is -0.467 e. The number of aliphatic hydroxyl groups is 1. The number of aliphatic hydroxyl groups excluding tert-OH is 1. The topological polar surface area (TPSA) is 108 Å². The summed E-state index contributed by atoms with van der Waals surface area (Å²) in [4.78, 5) is 41.6. The first kappa shape index (κ1) is 26.6. The van der Waals surface area contributed by atoms with Crippen molar-refractivity contribution >= 4 is 18.0 Å². The summed E-state index contributed by atoms with van der Waals surface area (Å²) in [6, 6.07) is 15.5. The van der Waals surface area contributed by atoms with Crippen molar-refractivity contribution in [3.8, 4) is 5.75 Å². The molecule has 9 nitrogen and oxygen atoms in total. The number of nitrogens with zero attached hydrogens (tertiary/aromatic N) is 2. The van der Waals surface area contributed by atoms with Gasteiger partial charge in [-0.15, -0.1) is 0 Å². The fraction of sp³-hybridized carbons (Fsp3) is 0.464. The second kappa shape index (κ2) is 12.7. The summed E-state index contributed by atoms with van der Waals surface area (Å²) in [7, 11) is 1.29. The van der Waals surface area contributed by atoms with Gasteiger partial charge in [-0.25, -0.2) is 9.59 Å². The highest BCUT2D eigenvalue weighted by Gasteiger charge is 2.37. The number of carbonyl (C=O) groups excluding carboxylic acids is 3. The van der Waals surface area contributed by atoms with Crippen molar-refractivity contribution in [3.63, 3.8) is 0 Å². The number of likely N-dealkylation sites (tertiary alicyclic amines) is 2. The number of β-amino-alcohol motifs (C(OH)–C–C–N with tert-alkyl or cyclic N) is 1. The predicted octanol–water partition coefficient (Wildman–Crippen LogP) is 2.16. The Hall–Kier alpha value is -3.43. The maximum Gasteiger partial charge on any atom is 0.415 e. The zero-order valence-corrected chi connectivity index (χ0v) is 21.2. The molecule has 0 aromatic heterocycles. The van der Waals surface area contributed by atoms with E-state index in [4.69, 9.17) is 9.47 Å². The van der Waals surface area contributed by atoms with E-state index in [0.717, 1.165) is 30.4 Å². The number of ether oxygens (including phenoxy) is 2. The van der Waals surface area contributed by atoms with Crippen LogP contribution in [0.15, 0.2) is 54.6 Å². The zero-order chi connectivity index (χ0) is 26.2. The zero-order valence-electron chi connectivity index (χ0n) is 21.2. The second-order valence-corrected chi connectivity index (χ2v) is 9.63. The number of nitrogens with one attached hydrogen (secondary N) is 1. The average Bonchev–Trinajstić information content (AvgIpc) is 3.58. The third-order valence-electron chi connectivity index (χ3n) is 6.95. The van der Waals surface area contributed by atoms with E-state index >= 15 is 0 Å². The van der Waals surface area contributed by atoms with Crippen molar-refractivity contribution < 1.29 is 29.0 Å². The Morgan fingerprint density at radius 1 is 1.03 bits per heavy atom. The molecule has 2 aromatic carbocycles. The van der Waals surface area contributed by atoms with E-state index in [-0.39, 0.29) is 18.4 Å².